The van der Waals surface area contributed by atoms with Crippen molar-refractivity contribution in [1.82, 2.24) is 9.97 Å². The molecule has 5 nitrogen and oxygen atoms in total. The number of amides is 1. The minimum absolute atomic E-state index is 0.00917. The summed E-state index contributed by atoms with van der Waals surface area (Å²) in [4.78, 5) is 20.0. The molecule has 0 radical (unpaired) electrons. The highest BCUT2D eigenvalue weighted by molar-refractivity contribution is 6.03. The average molecular weight is 394 g/mol. The predicted molar refractivity (Wildman–Crippen MR) is 91.1 cm³/mol. The molecule has 3 aromatic rings. The van der Waals surface area contributed by atoms with E-state index in [4.69, 9.17) is 0 Å². The van der Waals surface area contributed by atoms with Gasteiger partial charge in [0, 0.05) is 23.6 Å². The van der Waals surface area contributed by atoms with Crippen molar-refractivity contribution >= 4 is 23.2 Å². The number of halogens is 5. The monoisotopic (exact) mass is 394 g/mol. The summed E-state index contributed by atoms with van der Waals surface area (Å²) >= 11 is 0. The van der Waals surface area contributed by atoms with E-state index in [2.05, 4.69) is 20.6 Å². The summed E-state index contributed by atoms with van der Waals surface area (Å²) < 4.78 is 64.5. The number of hydrogen-bond acceptors (Lipinski definition) is 4. The van der Waals surface area contributed by atoms with E-state index in [0.29, 0.717) is 0 Å². The van der Waals surface area contributed by atoms with Gasteiger partial charge < -0.3 is 10.6 Å². The third-order valence-electron chi connectivity index (χ3n) is 3.51. The van der Waals surface area contributed by atoms with Gasteiger partial charge in [0.05, 0.1) is 5.56 Å². The van der Waals surface area contributed by atoms with Crippen molar-refractivity contribution < 1.29 is 26.7 Å². The molecule has 0 aliphatic rings. The molecule has 28 heavy (non-hydrogen) atoms. The van der Waals surface area contributed by atoms with Crippen LogP contribution in [0.1, 0.15) is 16.1 Å². The molecule has 0 fully saturated rings. The van der Waals surface area contributed by atoms with Crippen LogP contribution in [0.5, 0.6) is 0 Å². The van der Waals surface area contributed by atoms with Gasteiger partial charge in [0.2, 0.25) is 5.95 Å². The smallest absolute Gasteiger partial charge is 0.324 e. The number of anilines is 3. The SMILES string of the molecule is O=C(Nc1ccc(F)c(F)c1)c1ccnc(Nc2cccc(C(F)(F)F)c2)n1. The second-order valence-corrected chi connectivity index (χ2v) is 5.55. The van der Waals surface area contributed by atoms with E-state index < -0.39 is 29.3 Å². The summed E-state index contributed by atoms with van der Waals surface area (Å²) in [5, 5.41) is 4.91. The van der Waals surface area contributed by atoms with E-state index >= 15 is 0 Å². The zero-order valence-electron chi connectivity index (χ0n) is 13.9. The van der Waals surface area contributed by atoms with Gasteiger partial charge in [-0.3, -0.25) is 4.79 Å². The van der Waals surface area contributed by atoms with Gasteiger partial charge in [-0.05, 0) is 36.4 Å². The number of hydrogen-bond donors (Lipinski definition) is 2. The van der Waals surface area contributed by atoms with E-state index in [9.17, 15) is 26.7 Å². The fourth-order valence-electron chi connectivity index (χ4n) is 2.22. The maximum Gasteiger partial charge on any atom is 0.416 e. The Morgan fingerprint density at radius 2 is 1.71 bits per heavy atom. The fourth-order valence-corrected chi connectivity index (χ4v) is 2.22. The molecule has 1 amide bonds. The zero-order chi connectivity index (χ0) is 20.3. The third-order valence-corrected chi connectivity index (χ3v) is 3.51. The molecule has 1 heterocycles. The lowest BCUT2D eigenvalue weighted by Crippen LogP contribution is -2.15. The molecule has 1 aromatic heterocycles. The molecule has 0 atom stereocenters. The van der Waals surface area contributed by atoms with Crippen molar-refractivity contribution in [3.8, 4) is 0 Å². The number of nitrogens with zero attached hydrogens (tertiary/aromatic N) is 2. The number of alkyl halides is 3. The predicted octanol–water partition coefficient (Wildman–Crippen LogP) is 4.77. The molecule has 10 heteroatoms. The normalized spacial score (nSPS) is 11.2. The minimum Gasteiger partial charge on any atom is -0.324 e. The topological polar surface area (TPSA) is 66.9 Å². The Bertz CT molecular complexity index is 1020. The largest absolute Gasteiger partial charge is 0.416 e. The van der Waals surface area contributed by atoms with Gasteiger partial charge in [-0.15, -0.1) is 0 Å². The molecule has 2 aromatic carbocycles. The molecule has 144 valence electrons. The second-order valence-electron chi connectivity index (χ2n) is 5.55. The lowest BCUT2D eigenvalue weighted by molar-refractivity contribution is -0.137. The highest BCUT2D eigenvalue weighted by Crippen LogP contribution is 2.31. The van der Waals surface area contributed by atoms with Crippen LogP contribution >= 0.6 is 0 Å². The summed E-state index contributed by atoms with van der Waals surface area (Å²) in [6.45, 7) is 0. The maximum atomic E-state index is 13.2. The summed E-state index contributed by atoms with van der Waals surface area (Å²) in [6, 6.07) is 8.46. The fraction of sp³-hybridized carbons (Fsp3) is 0.0556. The molecule has 0 unspecified atom stereocenters. The number of aromatic nitrogens is 2. The van der Waals surface area contributed by atoms with Crippen LogP contribution < -0.4 is 10.6 Å². The van der Waals surface area contributed by atoms with Gasteiger partial charge in [-0.2, -0.15) is 13.2 Å². The summed E-state index contributed by atoms with van der Waals surface area (Å²) in [7, 11) is 0. The highest BCUT2D eigenvalue weighted by atomic mass is 19.4. The van der Waals surface area contributed by atoms with Crippen LogP contribution in [0.15, 0.2) is 54.7 Å². The third kappa shape index (κ3) is 4.58. The van der Waals surface area contributed by atoms with Gasteiger partial charge >= 0.3 is 6.18 Å². The second kappa shape index (κ2) is 7.59. The Kier molecular flexibility index (Phi) is 5.21. The van der Waals surface area contributed by atoms with Gasteiger partial charge in [0.15, 0.2) is 11.6 Å². The van der Waals surface area contributed by atoms with Crippen LogP contribution in [0.2, 0.25) is 0 Å². The minimum atomic E-state index is -4.51. The molecular weight excluding hydrogens is 383 g/mol. The van der Waals surface area contributed by atoms with Gasteiger partial charge in [0.1, 0.15) is 5.69 Å². The van der Waals surface area contributed by atoms with E-state index in [1.807, 2.05) is 0 Å². The van der Waals surface area contributed by atoms with Crippen LogP contribution in [0, 0.1) is 11.6 Å². The molecule has 0 spiro atoms. The van der Waals surface area contributed by atoms with Gasteiger partial charge in [-0.1, -0.05) is 6.07 Å². The van der Waals surface area contributed by atoms with Gasteiger partial charge in [0.25, 0.3) is 5.91 Å². The maximum absolute atomic E-state index is 13.2. The van der Waals surface area contributed by atoms with Gasteiger partial charge in [-0.25, -0.2) is 18.7 Å². The Balaban J connectivity index is 1.76. The average Bonchev–Trinajstić information content (AvgIpc) is 2.64. The van der Waals surface area contributed by atoms with Crippen molar-refractivity contribution in [3.05, 3.63) is 77.6 Å². The van der Waals surface area contributed by atoms with E-state index in [0.717, 1.165) is 24.3 Å². The van der Waals surface area contributed by atoms with Crippen LogP contribution in [0.25, 0.3) is 0 Å². The molecule has 3 rings (SSSR count). The molecule has 0 saturated carbocycles. The summed E-state index contributed by atoms with van der Waals surface area (Å²) in [5.41, 5.74) is -0.901. The Labute approximate surface area is 155 Å². The quantitative estimate of drug-likeness (QED) is 0.626. The van der Waals surface area contributed by atoms with Crippen LogP contribution in [0.3, 0.4) is 0 Å². The first-order chi connectivity index (χ1) is 13.2. The van der Waals surface area contributed by atoms with E-state index in [1.165, 1.54) is 30.5 Å². The molecule has 0 aliphatic carbocycles. The standard InChI is InChI=1S/C18H11F5N4O/c19-13-5-4-12(9-14(13)20)25-16(28)15-6-7-24-17(27-15)26-11-3-1-2-10(8-11)18(21,22)23/h1-9H,(H,25,28)(H,24,26,27). The van der Waals surface area contributed by atoms with Crippen molar-refractivity contribution in [3.63, 3.8) is 0 Å². The first kappa shape index (κ1) is 19.2. The number of carbonyl (C=O) groups excluding carboxylic acids is 1. The number of nitrogens with one attached hydrogen (secondary N) is 2. The number of carbonyl (C=O) groups is 1. The lowest BCUT2D eigenvalue weighted by Gasteiger charge is -2.10. The lowest BCUT2D eigenvalue weighted by atomic mass is 10.2. The van der Waals surface area contributed by atoms with Crippen LogP contribution in [-0.4, -0.2) is 15.9 Å². The molecule has 0 aliphatic heterocycles. The molecule has 0 saturated heterocycles. The molecule has 2 N–H and O–H groups in total. The van der Waals surface area contributed by atoms with Crippen molar-refractivity contribution in [2.24, 2.45) is 0 Å². The van der Waals surface area contributed by atoms with Crippen molar-refractivity contribution in [2.45, 2.75) is 6.18 Å². The number of rotatable bonds is 4. The first-order valence-electron chi connectivity index (χ1n) is 7.76. The Morgan fingerprint density at radius 1 is 0.929 bits per heavy atom. The summed E-state index contributed by atoms with van der Waals surface area (Å²) in [5.74, 6) is -3.04. The van der Waals surface area contributed by atoms with Crippen LogP contribution in [0.4, 0.5) is 39.3 Å². The van der Waals surface area contributed by atoms with Crippen molar-refractivity contribution in [1.29, 1.82) is 0 Å². The van der Waals surface area contributed by atoms with Crippen LogP contribution in [-0.2, 0) is 6.18 Å². The van der Waals surface area contributed by atoms with Crippen molar-refractivity contribution in [2.75, 3.05) is 10.6 Å². The Hall–Kier alpha value is -3.56. The zero-order valence-corrected chi connectivity index (χ0v) is 13.9. The first-order valence-corrected chi connectivity index (χ1v) is 7.76. The molecule has 0 bridgehead atoms. The summed E-state index contributed by atoms with van der Waals surface area (Å²) in [6.07, 6.45) is -3.28. The highest BCUT2D eigenvalue weighted by Gasteiger charge is 2.30. The number of benzene rings is 2. The molecular formula is C18H11F5N4O. The van der Waals surface area contributed by atoms with E-state index in [1.54, 1.807) is 0 Å². The van der Waals surface area contributed by atoms with E-state index in [-0.39, 0.29) is 23.0 Å². The Morgan fingerprint density at radius 3 is 2.43 bits per heavy atom.